The first-order valence-corrected chi connectivity index (χ1v) is 11.2. The number of benzene rings is 2. The van der Waals surface area contributed by atoms with Crippen LogP contribution in [-0.4, -0.2) is 21.5 Å². The van der Waals surface area contributed by atoms with Gasteiger partial charge in [0.2, 0.25) is 10.0 Å². The van der Waals surface area contributed by atoms with E-state index in [1.807, 2.05) is 12.1 Å². The van der Waals surface area contributed by atoms with E-state index < -0.39 is 16.1 Å². The molecule has 28 heavy (non-hydrogen) atoms. The van der Waals surface area contributed by atoms with Crippen molar-refractivity contribution >= 4 is 39.2 Å². The Morgan fingerprint density at radius 1 is 0.964 bits per heavy atom. The van der Waals surface area contributed by atoms with Gasteiger partial charge in [-0.1, -0.05) is 48.2 Å². The fraction of sp³-hybridized carbons (Fsp3) is 0.350. The minimum absolute atomic E-state index is 0.154. The molecule has 0 saturated carbocycles. The fourth-order valence-electron chi connectivity index (χ4n) is 2.75. The Hall–Kier alpha value is -1.60. The maximum Gasteiger partial charge on any atom is 0.305 e. The maximum absolute atomic E-state index is 12.8. The SMILES string of the molecule is COC(=O)CCCCCC(NS(=O)(=O)c1ccc(Cl)cc1)c1ccc(Cl)cc1. The van der Waals surface area contributed by atoms with Gasteiger partial charge in [-0.25, -0.2) is 13.1 Å². The summed E-state index contributed by atoms with van der Waals surface area (Å²) in [6.45, 7) is 0. The van der Waals surface area contributed by atoms with Gasteiger partial charge in [-0.05, 0) is 54.8 Å². The number of carbonyl (C=O) groups is 1. The molecular weight excluding hydrogens is 421 g/mol. The number of unbranched alkanes of at least 4 members (excludes halogenated alkanes) is 2. The minimum Gasteiger partial charge on any atom is -0.469 e. The third-order valence-corrected chi connectivity index (χ3v) is 6.29. The normalized spacial score (nSPS) is 12.5. The topological polar surface area (TPSA) is 72.5 Å². The van der Waals surface area contributed by atoms with Crippen LogP contribution in [0.15, 0.2) is 53.4 Å². The Morgan fingerprint density at radius 3 is 2.11 bits per heavy atom. The second kappa shape index (κ2) is 10.8. The summed E-state index contributed by atoms with van der Waals surface area (Å²) in [5.74, 6) is -0.238. The van der Waals surface area contributed by atoms with E-state index in [0.29, 0.717) is 29.3 Å². The van der Waals surface area contributed by atoms with Crippen molar-refractivity contribution < 1.29 is 17.9 Å². The lowest BCUT2D eigenvalue weighted by molar-refractivity contribution is -0.140. The molecule has 5 nitrogen and oxygen atoms in total. The highest BCUT2D eigenvalue weighted by Gasteiger charge is 2.21. The average molecular weight is 444 g/mol. The van der Waals surface area contributed by atoms with Crippen LogP contribution in [0.4, 0.5) is 0 Å². The zero-order valence-corrected chi connectivity index (χ0v) is 17.9. The van der Waals surface area contributed by atoms with Crippen molar-refractivity contribution in [3.8, 4) is 0 Å². The van der Waals surface area contributed by atoms with Crippen LogP contribution < -0.4 is 4.72 Å². The number of ether oxygens (including phenoxy) is 1. The number of hydrogen-bond donors (Lipinski definition) is 1. The molecule has 0 saturated heterocycles. The summed E-state index contributed by atoms with van der Waals surface area (Å²) in [4.78, 5) is 11.3. The Balaban J connectivity index is 2.08. The second-order valence-electron chi connectivity index (χ2n) is 6.35. The first kappa shape index (κ1) is 22.7. The Labute approximate surface area is 176 Å². The van der Waals surface area contributed by atoms with E-state index in [-0.39, 0.29) is 10.9 Å². The molecule has 2 aromatic rings. The number of hydrogen-bond acceptors (Lipinski definition) is 4. The molecule has 0 bridgehead atoms. The molecule has 1 atom stereocenters. The van der Waals surface area contributed by atoms with Crippen LogP contribution in [-0.2, 0) is 19.6 Å². The summed E-state index contributed by atoms with van der Waals surface area (Å²) >= 11 is 11.8. The van der Waals surface area contributed by atoms with Crippen molar-refractivity contribution in [2.45, 2.75) is 43.0 Å². The average Bonchev–Trinajstić information content (AvgIpc) is 2.67. The highest BCUT2D eigenvalue weighted by molar-refractivity contribution is 7.89. The standard InChI is InChI=1S/C20H23Cl2NO4S/c1-27-20(24)6-4-2-3-5-19(15-7-9-16(21)10-8-15)23-28(25,26)18-13-11-17(22)12-14-18/h7-14,19,23H,2-6H2,1H3. The summed E-state index contributed by atoms with van der Waals surface area (Å²) in [5, 5.41) is 1.06. The van der Waals surface area contributed by atoms with Crippen LogP contribution in [0.5, 0.6) is 0 Å². The lowest BCUT2D eigenvalue weighted by Gasteiger charge is -2.19. The molecule has 2 aromatic carbocycles. The van der Waals surface area contributed by atoms with E-state index in [9.17, 15) is 13.2 Å². The quantitative estimate of drug-likeness (QED) is 0.407. The van der Waals surface area contributed by atoms with E-state index in [0.717, 1.165) is 18.4 Å². The van der Waals surface area contributed by atoms with Gasteiger partial charge in [0, 0.05) is 22.5 Å². The molecule has 8 heteroatoms. The van der Waals surface area contributed by atoms with Crippen LogP contribution in [0.2, 0.25) is 10.0 Å². The van der Waals surface area contributed by atoms with Crippen molar-refractivity contribution in [1.29, 1.82) is 0 Å². The van der Waals surface area contributed by atoms with E-state index in [1.165, 1.54) is 19.2 Å². The largest absolute Gasteiger partial charge is 0.469 e. The summed E-state index contributed by atoms with van der Waals surface area (Å²) in [5.41, 5.74) is 0.829. The summed E-state index contributed by atoms with van der Waals surface area (Å²) in [6, 6.07) is 12.7. The molecule has 0 spiro atoms. The fourth-order valence-corrected chi connectivity index (χ4v) is 4.27. The molecule has 0 aromatic heterocycles. The van der Waals surface area contributed by atoms with Gasteiger partial charge in [0.05, 0.1) is 12.0 Å². The van der Waals surface area contributed by atoms with Gasteiger partial charge in [0.15, 0.2) is 0 Å². The molecule has 0 fully saturated rings. The molecular formula is C20H23Cl2NO4S. The first-order chi connectivity index (χ1) is 13.3. The van der Waals surface area contributed by atoms with Crippen molar-refractivity contribution in [2.24, 2.45) is 0 Å². The van der Waals surface area contributed by atoms with E-state index in [2.05, 4.69) is 9.46 Å². The molecule has 1 N–H and O–H groups in total. The van der Waals surface area contributed by atoms with Gasteiger partial charge in [-0.15, -0.1) is 0 Å². The highest BCUT2D eigenvalue weighted by atomic mass is 35.5. The number of sulfonamides is 1. The first-order valence-electron chi connectivity index (χ1n) is 8.92. The smallest absolute Gasteiger partial charge is 0.305 e. The van der Waals surface area contributed by atoms with Gasteiger partial charge in [0.25, 0.3) is 0 Å². The predicted molar refractivity (Wildman–Crippen MR) is 111 cm³/mol. The van der Waals surface area contributed by atoms with Gasteiger partial charge >= 0.3 is 5.97 Å². The van der Waals surface area contributed by atoms with Crippen molar-refractivity contribution in [2.75, 3.05) is 7.11 Å². The second-order valence-corrected chi connectivity index (χ2v) is 8.94. The van der Waals surface area contributed by atoms with Crippen molar-refractivity contribution in [1.82, 2.24) is 4.72 Å². The van der Waals surface area contributed by atoms with Crippen LogP contribution in [0.1, 0.15) is 43.7 Å². The number of carbonyl (C=O) groups excluding carboxylic acids is 1. The minimum atomic E-state index is -3.71. The van der Waals surface area contributed by atoms with E-state index in [1.54, 1.807) is 24.3 Å². The zero-order chi connectivity index (χ0) is 20.6. The lowest BCUT2D eigenvalue weighted by atomic mass is 10.0. The number of rotatable bonds is 10. The molecule has 0 radical (unpaired) electrons. The highest BCUT2D eigenvalue weighted by Crippen LogP contribution is 2.25. The summed E-state index contributed by atoms with van der Waals surface area (Å²) < 4.78 is 32.9. The van der Waals surface area contributed by atoms with Gasteiger partial charge < -0.3 is 4.74 Å². The van der Waals surface area contributed by atoms with Gasteiger partial charge in [0.1, 0.15) is 0 Å². The van der Waals surface area contributed by atoms with E-state index >= 15 is 0 Å². The number of methoxy groups -OCH3 is 1. The van der Waals surface area contributed by atoms with Crippen LogP contribution in [0.3, 0.4) is 0 Å². The molecule has 0 heterocycles. The molecule has 0 aliphatic rings. The van der Waals surface area contributed by atoms with Crippen LogP contribution in [0.25, 0.3) is 0 Å². The molecule has 2 rings (SSSR count). The molecule has 1 unspecified atom stereocenters. The van der Waals surface area contributed by atoms with Crippen LogP contribution >= 0.6 is 23.2 Å². The molecule has 0 aliphatic carbocycles. The molecule has 152 valence electrons. The van der Waals surface area contributed by atoms with Gasteiger partial charge in [-0.3, -0.25) is 4.79 Å². The Kier molecular flexibility index (Phi) is 8.76. The Morgan fingerprint density at radius 2 is 1.54 bits per heavy atom. The van der Waals surface area contributed by atoms with E-state index in [4.69, 9.17) is 23.2 Å². The summed E-state index contributed by atoms with van der Waals surface area (Å²) in [7, 11) is -2.34. The summed E-state index contributed by atoms with van der Waals surface area (Å²) in [6.07, 6.45) is 3.20. The van der Waals surface area contributed by atoms with Crippen molar-refractivity contribution in [3.05, 3.63) is 64.1 Å². The maximum atomic E-state index is 12.8. The third kappa shape index (κ3) is 7.09. The van der Waals surface area contributed by atoms with Gasteiger partial charge in [-0.2, -0.15) is 0 Å². The monoisotopic (exact) mass is 443 g/mol. The number of nitrogens with one attached hydrogen (secondary N) is 1. The third-order valence-electron chi connectivity index (χ3n) is 4.30. The van der Waals surface area contributed by atoms with Crippen LogP contribution in [0, 0.1) is 0 Å². The van der Waals surface area contributed by atoms with Crippen molar-refractivity contribution in [3.63, 3.8) is 0 Å². The number of halogens is 2. The zero-order valence-electron chi connectivity index (χ0n) is 15.5. The lowest BCUT2D eigenvalue weighted by Crippen LogP contribution is -2.28. The molecule has 0 aliphatic heterocycles. The molecule has 0 amide bonds. The number of esters is 1. The predicted octanol–water partition coefficient (Wildman–Crippen LogP) is 5.14. The Bertz CT molecular complexity index is 868.